The molecule has 33 heavy (non-hydrogen) atoms. The lowest BCUT2D eigenvalue weighted by Gasteiger charge is -2.32. The molecule has 1 amide bonds. The molecule has 0 spiro atoms. The highest BCUT2D eigenvalue weighted by Crippen LogP contribution is 2.28. The zero-order valence-corrected chi connectivity index (χ0v) is 20.1. The smallest absolute Gasteiger partial charge is 0.255 e. The summed E-state index contributed by atoms with van der Waals surface area (Å²) in [5, 5.41) is 4.02. The van der Waals surface area contributed by atoms with Crippen molar-refractivity contribution in [1.29, 1.82) is 0 Å². The molecule has 0 aliphatic heterocycles. The number of carbonyl (C=O) groups is 1. The van der Waals surface area contributed by atoms with Crippen molar-refractivity contribution < 1.29 is 22.7 Å². The van der Waals surface area contributed by atoms with Gasteiger partial charge in [-0.05, 0) is 44.0 Å². The Morgan fingerprint density at radius 1 is 1.06 bits per heavy atom. The largest absolute Gasteiger partial charge is 0.496 e. The molecule has 9 heteroatoms. The van der Waals surface area contributed by atoms with Crippen LogP contribution in [0.25, 0.3) is 0 Å². The Hall–Kier alpha value is -2.91. The second-order valence-corrected chi connectivity index (χ2v) is 9.92. The van der Waals surface area contributed by atoms with Gasteiger partial charge in [0.25, 0.3) is 5.91 Å². The summed E-state index contributed by atoms with van der Waals surface area (Å²) in [4.78, 5) is 12.9. The lowest BCUT2D eigenvalue weighted by atomic mass is 9.95. The zero-order chi connectivity index (χ0) is 23.8. The molecule has 0 atom stereocenters. The molecule has 3 rings (SSSR count). The van der Waals surface area contributed by atoms with Gasteiger partial charge in [0.05, 0.1) is 37.4 Å². The topological polar surface area (TPSA) is 97.3 Å². The third-order valence-corrected chi connectivity index (χ3v) is 7.67. The van der Waals surface area contributed by atoms with Crippen molar-refractivity contribution in [3.05, 3.63) is 53.6 Å². The number of amides is 1. The maximum Gasteiger partial charge on any atom is 0.255 e. The quantitative estimate of drug-likeness (QED) is 0.444. The monoisotopic (exact) mass is 473 g/mol. The van der Waals surface area contributed by atoms with Crippen LogP contribution in [0, 0.1) is 6.92 Å². The average molecular weight is 474 g/mol. The van der Waals surface area contributed by atoms with Gasteiger partial charge in [-0.15, -0.1) is 0 Å². The number of ether oxygens (including phenoxy) is 2. The summed E-state index contributed by atoms with van der Waals surface area (Å²) >= 11 is 0. The van der Waals surface area contributed by atoms with E-state index in [0.717, 1.165) is 37.7 Å². The molecule has 2 aromatic carbocycles. The highest BCUT2D eigenvalue weighted by atomic mass is 32.2. The fraction of sp³-hybridized carbons (Fsp3) is 0.417. The van der Waals surface area contributed by atoms with Crippen LogP contribution in [0.5, 0.6) is 11.5 Å². The van der Waals surface area contributed by atoms with Gasteiger partial charge in [0, 0.05) is 6.04 Å². The molecule has 0 heterocycles. The number of hydrazone groups is 1. The predicted molar refractivity (Wildman–Crippen MR) is 127 cm³/mol. The van der Waals surface area contributed by atoms with Crippen LogP contribution in [0.1, 0.15) is 43.2 Å². The van der Waals surface area contributed by atoms with Gasteiger partial charge in [0.1, 0.15) is 11.5 Å². The number of carbonyl (C=O) groups excluding carboxylic acids is 1. The summed E-state index contributed by atoms with van der Waals surface area (Å²) in [6.45, 7) is 1.60. The van der Waals surface area contributed by atoms with E-state index in [1.807, 2.05) is 6.92 Å². The van der Waals surface area contributed by atoms with Gasteiger partial charge >= 0.3 is 0 Å². The van der Waals surface area contributed by atoms with Crippen LogP contribution in [0.4, 0.5) is 0 Å². The van der Waals surface area contributed by atoms with Crippen LogP contribution in [0.3, 0.4) is 0 Å². The second kappa shape index (κ2) is 11.3. The number of nitrogens with one attached hydrogen (secondary N) is 1. The van der Waals surface area contributed by atoms with Crippen molar-refractivity contribution in [2.45, 2.75) is 50.0 Å². The molecule has 0 bridgehead atoms. The van der Waals surface area contributed by atoms with Gasteiger partial charge < -0.3 is 9.47 Å². The number of sulfonamides is 1. The maximum atomic E-state index is 13.4. The highest BCUT2D eigenvalue weighted by molar-refractivity contribution is 7.89. The molecule has 0 aromatic heterocycles. The van der Waals surface area contributed by atoms with Gasteiger partial charge in [0.2, 0.25) is 10.0 Å². The summed E-state index contributed by atoms with van der Waals surface area (Å²) in [6, 6.07) is 11.8. The molecule has 1 fully saturated rings. The number of aryl methyl sites for hydroxylation is 1. The fourth-order valence-corrected chi connectivity index (χ4v) is 5.62. The Kier molecular flexibility index (Phi) is 8.46. The minimum absolute atomic E-state index is 0.189. The Balaban J connectivity index is 1.78. The van der Waals surface area contributed by atoms with Crippen molar-refractivity contribution >= 4 is 22.1 Å². The molecule has 1 N–H and O–H groups in total. The first-order valence-electron chi connectivity index (χ1n) is 11.0. The van der Waals surface area contributed by atoms with Crippen LogP contribution >= 0.6 is 0 Å². The summed E-state index contributed by atoms with van der Waals surface area (Å²) in [5.74, 6) is 0.567. The minimum Gasteiger partial charge on any atom is -0.496 e. The van der Waals surface area contributed by atoms with Gasteiger partial charge in [-0.3, -0.25) is 4.79 Å². The van der Waals surface area contributed by atoms with Crippen LogP contribution < -0.4 is 14.9 Å². The molecular formula is C24H31N3O5S. The SMILES string of the molecule is COc1cccc(OC)c1C=NNC(=O)CN(C1CCCCC1)S(=O)(=O)c1ccc(C)cc1. The molecule has 1 aliphatic carbocycles. The van der Waals surface area contributed by atoms with Gasteiger partial charge in [0.15, 0.2) is 0 Å². The summed E-state index contributed by atoms with van der Waals surface area (Å²) < 4.78 is 38.8. The first-order valence-corrected chi connectivity index (χ1v) is 12.4. The van der Waals surface area contributed by atoms with E-state index in [-0.39, 0.29) is 17.5 Å². The van der Waals surface area contributed by atoms with E-state index in [4.69, 9.17) is 9.47 Å². The lowest BCUT2D eigenvalue weighted by molar-refractivity contribution is -0.121. The van der Waals surface area contributed by atoms with E-state index in [0.29, 0.717) is 17.1 Å². The van der Waals surface area contributed by atoms with Gasteiger partial charge in [-0.25, -0.2) is 13.8 Å². The minimum atomic E-state index is -3.83. The average Bonchev–Trinajstić information content (AvgIpc) is 2.83. The standard InChI is InChI=1S/C24H31N3O5S/c1-18-12-14-20(15-13-18)33(29,30)27(19-8-5-4-6-9-19)17-24(28)26-25-16-21-22(31-2)10-7-11-23(21)32-3/h7,10-16,19H,4-6,8-9,17H2,1-3H3,(H,26,28). The van der Waals surface area contributed by atoms with Crippen molar-refractivity contribution in [1.82, 2.24) is 9.73 Å². The molecule has 1 aliphatic rings. The highest BCUT2D eigenvalue weighted by Gasteiger charge is 2.33. The van der Waals surface area contributed by atoms with Crippen molar-refractivity contribution in [3.63, 3.8) is 0 Å². The first-order chi connectivity index (χ1) is 15.9. The second-order valence-electron chi connectivity index (χ2n) is 8.02. The first kappa shape index (κ1) is 24.7. The normalized spacial score (nSPS) is 15.0. The fourth-order valence-electron chi connectivity index (χ4n) is 3.98. The Morgan fingerprint density at radius 3 is 2.24 bits per heavy atom. The van der Waals surface area contributed by atoms with E-state index in [2.05, 4.69) is 10.5 Å². The molecule has 0 saturated heterocycles. The number of rotatable bonds is 9. The molecule has 2 aromatic rings. The summed E-state index contributed by atoms with van der Waals surface area (Å²) in [5.41, 5.74) is 3.99. The molecule has 1 saturated carbocycles. The Morgan fingerprint density at radius 2 is 1.67 bits per heavy atom. The molecular weight excluding hydrogens is 442 g/mol. The maximum absolute atomic E-state index is 13.4. The van der Waals surface area contributed by atoms with Crippen LogP contribution in [0.15, 0.2) is 52.5 Å². The van der Waals surface area contributed by atoms with E-state index in [9.17, 15) is 13.2 Å². The number of benzene rings is 2. The number of methoxy groups -OCH3 is 2. The number of nitrogens with zero attached hydrogens (tertiary/aromatic N) is 2. The van der Waals surface area contributed by atoms with E-state index < -0.39 is 15.9 Å². The molecule has 8 nitrogen and oxygen atoms in total. The molecule has 0 radical (unpaired) electrons. The predicted octanol–water partition coefficient (Wildman–Crippen LogP) is 3.49. The van der Waals surface area contributed by atoms with Crippen LogP contribution in [-0.4, -0.2) is 51.7 Å². The van der Waals surface area contributed by atoms with Crippen LogP contribution in [-0.2, 0) is 14.8 Å². The summed E-state index contributed by atoms with van der Waals surface area (Å²) in [6.07, 6.45) is 5.86. The van der Waals surface area contributed by atoms with Gasteiger partial charge in [-0.1, -0.05) is 43.0 Å². The van der Waals surface area contributed by atoms with Crippen LogP contribution in [0.2, 0.25) is 0 Å². The zero-order valence-electron chi connectivity index (χ0n) is 19.3. The Labute approximate surface area is 195 Å². The third-order valence-electron chi connectivity index (χ3n) is 5.76. The Bertz CT molecular complexity index is 1060. The summed E-state index contributed by atoms with van der Waals surface area (Å²) in [7, 11) is -0.770. The van der Waals surface area contributed by atoms with E-state index in [1.165, 1.54) is 24.7 Å². The third kappa shape index (κ3) is 6.11. The lowest BCUT2D eigenvalue weighted by Crippen LogP contribution is -2.46. The molecule has 0 unspecified atom stereocenters. The number of hydrogen-bond acceptors (Lipinski definition) is 6. The van der Waals surface area contributed by atoms with E-state index >= 15 is 0 Å². The number of hydrogen-bond donors (Lipinski definition) is 1. The van der Waals surface area contributed by atoms with E-state index in [1.54, 1.807) is 42.5 Å². The van der Waals surface area contributed by atoms with Crippen molar-refractivity contribution in [2.75, 3.05) is 20.8 Å². The van der Waals surface area contributed by atoms with Gasteiger partial charge in [-0.2, -0.15) is 9.41 Å². The van der Waals surface area contributed by atoms with Crippen molar-refractivity contribution in [3.8, 4) is 11.5 Å². The van der Waals surface area contributed by atoms with Crippen molar-refractivity contribution in [2.24, 2.45) is 5.10 Å². The molecule has 178 valence electrons.